The monoisotopic (exact) mass is 238 g/mol. The van der Waals surface area contributed by atoms with Crippen molar-refractivity contribution in [1.82, 2.24) is 10.6 Å². The van der Waals surface area contributed by atoms with Crippen LogP contribution < -0.4 is 10.6 Å². The zero-order valence-electron chi connectivity index (χ0n) is 9.17. The molecule has 0 aliphatic carbocycles. The summed E-state index contributed by atoms with van der Waals surface area (Å²) in [5.41, 5.74) is 0. The largest absolute Gasteiger partial charge is 0.469 e. The van der Waals surface area contributed by atoms with Gasteiger partial charge in [-0.05, 0) is 13.5 Å². The highest BCUT2D eigenvalue weighted by Gasteiger charge is 2.01. The molecule has 0 rings (SSSR count). The molecule has 0 atom stereocenters. The Morgan fingerprint density at radius 2 is 1.87 bits per heavy atom. The second kappa shape index (κ2) is 11.3. The number of carbonyl (C=O) groups excluding carboxylic acids is 2. The molecule has 0 heterocycles. The molecule has 0 fully saturated rings. The van der Waals surface area contributed by atoms with Crippen molar-refractivity contribution in [1.29, 1.82) is 0 Å². The van der Waals surface area contributed by atoms with Crippen molar-refractivity contribution in [2.45, 2.75) is 19.3 Å². The van der Waals surface area contributed by atoms with E-state index in [-0.39, 0.29) is 24.3 Å². The number of halogens is 1. The lowest BCUT2D eigenvalue weighted by Crippen LogP contribution is -2.27. The first-order valence-electron chi connectivity index (χ1n) is 4.68. The maximum atomic E-state index is 11.0. The number of hydrogen-bond acceptors (Lipinski definition) is 4. The summed E-state index contributed by atoms with van der Waals surface area (Å²) in [5, 5.41) is 5.59. The van der Waals surface area contributed by atoms with Crippen LogP contribution in [0.5, 0.6) is 0 Å². The van der Waals surface area contributed by atoms with Crippen LogP contribution >= 0.6 is 12.4 Å². The first-order valence-corrected chi connectivity index (χ1v) is 4.68. The molecule has 0 bridgehead atoms. The molecule has 0 aromatic heterocycles. The van der Waals surface area contributed by atoms with Crippen LogP contribution in [0, 0.1) is 0 Å². The smallest absolute Gasteiger partial charge is 0.305 e. The fraction of sp³-hybridized carbons (Fsp3) is 0.778. The van der Waals surface area contributed by atoms with Gasteiger partial charge in [0.1, 0.15) is 0 Å². The van der Waals surface area contributed by atoms with E-state index in [9.17, 15) is 9.59 Å². The van der Waals surface area contributed by atoms with Gasteiger partial charge in [0.15, 0.2) is 0 Å². The number of carbonyl (C=O) groups is 2. The molecule has 0 aromatic carbocycles. The predicted octanol–water partition coefficient (Wildman–Crippen LogP) is 0.0871. The number of esters is 1. The molecule has 0 aliphatic heterocycles. The van der Waals surface area contributed by atoms with Gasteiger partial charge in [-0.2, -0.15) is 0 Å². The Morgan fingerprint density at radius 1 is 1.20 bits per heavy atom. The SMILES string of the molecule is CNCCC(=O)NCCCC(=O)OC.Cl. The number of nitrogens with one attached hydrogen (secondary N) is 2. The first-order chi connectivity index (χ1) is 6.70. The minimum absolute atomic E-state index is 0. The maximum absolute atomic E-state index is 11.0. The first kappa shape index (κ1) is 16.6. The van der Waals surface area contributed by atoms with E-state index in [4.69, 9.17) is 0 Å². The van der Waals surface area contributed by atoms with E-state index in [2.05, 4.69) is 15.4 Å². The van der Waals surface area contributed by atoms with Crippen molar-refractivity contribution >= 4 is 24.3 Å². The minimum atomic E-state index is -0.241. The molecule has 2 N–H and O–H groups in total. The molecule has 6 heteroatoms. The van der Waals surface area contributed by atoms with Crippen molar-refractivity contribution in [3.63, 3.8) is 0 Å². The molecule has 0 unspecified atom stereocenters. The summed E-state index contributed by atoms with van der Waals surface area (Å²) in [7, 11) is 3.15. The number of methoxy groups -OCH3 is 1. The zero-order chi connectivity index (χ0) is 10.8. The zero-order valence-corrected chi connectivity index (χ0v) is 9.99. The Hall–Kier alpha value is -0.810. The fourth-order valence-electron chi connectivity index (χ4n) is 0.890. The van der Waals surface area contributed by atoms with Gasteiger partial charge >= 0.3 is 5.97 Å². The Labute approximate surface area is 96.3 Å². The van der Waals surface area contributed by atoms with Gasteiger partial charge in [-0.1, -0.05) is 0 Å². The third-order valence-electron chi connectivity index (χ3n) is 1.71. The number of rotatable bonds is 7. The Balaban J connectivity index is 0. The van der Waals surface area contributed by atoms with Crippen molar-refractivity contribution in [3.05, 3.63) is 0 Å². The van der Waals surface area contributed by atoms with Gasteiger partial charge in [0, 0.05) is 25.9 Å². The highest BCUT2D eigenvalue weighted by molar-refractivity contribution is 5.85. The van der Waals surface area contributed by atoms with Crippen LogP contribution in [0.4, 0.5) is 0 Å². The molecule has 0 spiro atoms. The maximum Gasteiger partial charge on any atom is 0.305 e. The third kappa shape index (κ3) is 11.1. The van der Waals surface area contributed by atoms with E-state index in [0.29, 0.717) is 32.4 Å². The average molecular weight is 239 g/mol. The average Bonchev–Trinajstić information content (AvgIpc) is 2.21. The van der Waals surface area contributed by atoms with Crippen molar-refractivity contribution in [3.8, 4) is 0 Å². The van der Waals surface area contributed by atoms with Crippen molar-refractivity contribution in [2.24, 2.45) is 0 Å². The Morgan fingerprint density at radius 3 is 2.40 bits per heavy atom. The van der Waals surface area contributed by atoms with E-state index in [1.165, 1.54) is 7.11 Å². The second-order valence-electron chi connectivity index (χ2n) is 2.88. The molecule has 0 aromatic rings. The summed E-state index contributed by atoms with van der Waals surface area (Å²) >= 11 is 0. The van der Waals surface area contributed by atoms with Crippen LogP contribution in [0.15, 0.2) is 0 Å². The molecule has 0 saturated heterocycles. The van der Waals surface area contributed by atoms with Crippen LogP contribution in [0.3, 0.4) is 0 Å². The molecule has 5 nitrogen and oxygen atoms in total. The standard InChI is InChI=1S/C9H18N2O3.ClH/c1-10-7-5-8(12)11-6-3-4-9(13)14-2;/h10H,3-7H2,1-2H3,(H,11,12);1H. The minimum Gasteiger partial charge on any atom is -0.469 e. The Kier molecular flexibility index (Phi) is 12.5. The van der Waals surface area contributed by atoms with Gasteiger partial charge < -0.3 is 15.4 Å². The van der Waals surface area contributed by atoms with E-state index in [1.807, 2.05) is 0 Å². The quantitative estimate of drug-likeness (QED) is 0.487. The Bertz CT molecular complexity index is 188. The van der Waals surface area contributed by atoms with Gasteiger partial charge in [-0.15, -0.1) is 12.4 Å². The second-order valence-corrected chi connectivity index (χ2v) is 2.88. The van der Waals surface area contributed by atoms with Gasteiger partial charge in [-0.3, -0.25) is 9.59 Å². The lowest BCUT2D eigenvalue weighted by molar-refractivity contribution is -0.140. The van der Waals surface area contributed by atoms with Gasteiger partial charge in [0.25, 0.3) is 0 Å². The summed E-state index contributed by atoms with van der Waals surface area (Å²) < 4.78 is 4.46. The van der Waals surface area contributed by atoms with Gasteiger partial charge in [0.05, 0.1) is 7.11 Å². The third-order valence-corrected chi connectivity index (χ3v) is 1.71. The van der Waals surface area contributed by atoms with Crippen LogP contribution in [-0.2, 0) is 14.3 Å². The van der Waals surface area contributed by atoms with Crippen molar-refractivity contribution in [2.75, 3.05) is 27.2 Å². The van der Waals surface area contributed by atoms with Crippen LogP contribution in [0.2, 0.25) is 0 Å². The lowest BCUT2D eigenvalue weighted by Gasteiger charge is -2.03. The summed E-state index contributed by atoms with van der Waals surface area (Å²) in [6, 6.07) is 0. The van der Waals surface area contributed by atoms with Crippen LogP contribution in [0.25, 0.3) is 0 Å². The number of hydrogen-bond donors (Lipinski definition) is 2. The normalized spacial score (nSPS) is 8.93. The van der Waals surface area contributed by atoms with E-state index < -0.39 is 0 Å². The predicted molar refractivity (Wildman–Crippen MR) is 60.1 cm³/mol. The number of ether oxygens (including phenoxy) is 1. The summed E-state index contributed by atoms with van der Waals surface area (Å²) in [4.78, 5) is 21.7. The number of amides is 1. The molecule has 90 valence electrons. The lowest BCUT2D eigenvalue weighted by atomic mass is 10.3. The van der Waals surface area contributed by atoms with Crippen LogP contribution in [0.1, 0.15) is 19.3 Å². The van der Waals surface area contributed by atoms with Gasteiger partial charge in [-0.25, -0.2) is 0 Å². The molecular formula is C9H19ClN2O3. The molecule has 0 radical (unpaired) electrons. The van der Waals surface area contributed by atoms with Crippen molar-refractivity contribution < 1.29 is 14.3 Å². The molecular weight excluding hydrogens is 220 g/mol. The van der Waals surface area contributed by atoms with E-state index >= 15 is 0 Å². The fourth-order valence-corrected chi connectivity index (χ4v) is 0.890. The topological polar surface area (TPSA) is 67.4 Å². The molecule has 1 amide bonds. The highest BCUT2D eigenvalue weighted by atomic mass is 35.5. The van der Waals surface area contributed by atoms with Gasteiger partial charge in [0.2, 0.25) is 5.91 Å². The summed E-state index contributed by atoms with van der Waals surface area (Å²) in [6.45, 7) is 1.19. The highest BCUT2D eigenvalue weighted by Crippen LogP contribution is 1.89. The van der Waals surface area contributed by atoms with E-state index in [0.717, 1.165) is 0 Å². The molecule has 15 heavy (non-hydrogen) atoms. The molecule has 0 saturated carbocycles. The molecule has 0 aliphatic rings. The van der Waals surface area contributed by atoms with Crippen LogP contribution in [-0.4, -0.2) is 39.1 Å². The summed E-state index contributed by atoms with van der Waals surface area (Å²) in [5.74, 6) is -0.237. The summed E-state index contributed by atoms with van der Waals surface area (Å²) in [6.07, 6.45) is 1.44. The van der Waals surface area contributed by atoms with E-state index in [1.54, 1.807) is 7.05 Å².